The molecule has 0 spiro atoms. The molecule has 0 aliphatic carbocycles. The third-order valence-electron chi connectivity index (χ3n) is 2.36. The number of hydrogen-bond acceptors (Lipinski definition) is 2. The van der Waals surface area contributed by atoms with Gasteiger partial charge < -0.3 is 0 Å². The van der Waals surface area contributed by atoms with Gasteiger partial charge in [-0.3, -0.25) is 10.1 Å². The highest BCUT2D eigenvalue weighted by atomic mass is 127. The third kappa shape index (κ3) is 4.06. The molecule has 0 fully saturated rings. The van der Waals surface area contributed by atoms with Gasteiger partial charge >= 0.3 is 0 Å². The lowest BCUT2D eigenvalue weighted by molar-refractivity contribution is -0.385. The van der Waals surface area contributed by atoms with E-state index < -0.39 is 10.7 Å². The van der Waals surface area contributed by atoms with Crippen molar-refractivity contribution in [3.05, 3.63) is 37.2 Å². The summed E-state index contributed by atoms with van der Waals surface area (Å²) in [7, 11) is 0. The van der Waals surface area contributed by atoms with E-state index in [4.69, 9.17) is 11.6 Å². The Labute approximate surface area is 118 Å². The lowest BCUT2D eigenvalue weighted by Gasteiger charge is -2.09. The monoisotopic (exact) mass is 371 g/mol. The zero-order valence-electron chi connectivity index (χ0n) is 9.25. The average Bonchev–Trinajstić information content (AvgIpc) is 2.23. The van der Waals surface area contributed by atoms with Gasteiger partial charge in [-0.25, -0.2) is 4.39 Å². The van der Waals surface area contributed by atoms with Crippen molar-refractivity contribution in [1.82, 2.24) is 0 Å². The van der Waals surface area contributed by atoms with Gasteiger partial charge in [0.2, 0.25) is 0 Å². The van der Waals surface area contributed by atoms with Crippen molar-refractivity contribution in [2.45, 2.75) is 31.6 Å². The molecule has 0 bridgehead atoms. The van der Waals surface area contributed by atoms with E-state index in [2.05, 4.69) is 0 Å². The van der Waals surface area contributed by atoms with Crippen LogP contribution in [0.2, 0.25) is 0 Å². The van der Waals surface area contributed by atoms with Gasteiger partial charge in [0.05, 0.1) is 8.49 Å². The molecule has 0 N–H and O–H groups in total. The maximum atomic E-state index is 13.4. The Hall–Kier alpha value is -0.430. The minimum absolute atomic E-state index is 0.0578. The van der Waals surface area contributed by atoms with Crippen molar-refractivity contribution < 1.29 is 9.31 Å². The molecule has 6 heteroatoms. The number of halogens is 3. The van der Waals surface area contributed by atoms with Crippen LogP contribution in [0.3, 0.4) is 0 Å². The summed E-state index contributed by atoms with van der Waals surface area (Å²) in [6, 6.07) is 2.46. The van der Waals surface area contributed by atoms with E-state index in [1.165, 1.54) is 12.1 Å². The summed E-state index contributed by atoms with van der Waals surface area (Å²) < 4.78 is 13.6. The predicted octanol–water partition coefficient (Wildman–Crippen LogP) is 4.29. The van der Waals surface area contributed by atoms with Crippen molar-refractivity contribution in [1.29, 1.82) is 0 Å². The van der Waals surface area contributed by atoms with Gasteiger partial charge in [0, 0.05) is 17.0 Å². The molecule has 1 unspecified atom stereocenters. The van der Waals surface area contributed by atoms with Crippen LogP contribution in [-0.2, 0) is 6.42 Å². The van der Waals surface area contributed by atoms with Crippen LogP contribution >= 0.6 is 34.2 Å². The summed E-state index contributed by atoms with van der Waals surface area (Å²) >= 11 is 7.78. The third-order valence-corrected chi connectivity index (χ3v) is 3.56. The molecule has 17 heavy (non-hydrogen) atoms. The second-order valence-corrected chi connectivity index (χ2v) is 5.52. The van der Waals surface area contributed by atoms with Gasteiger partial charge in [-0.05, 0) is 41.5 Å². The molecule has 0 amide bonds. The molecule has 0 saturated heterocycles. The van der Waals surface area contributed by atoms with Crippen LogP contribution in [0.25, 0.3) is 0 Å². The second-order valence-electron chi connectivity index (χ2n) is 3.74. The van der Waals surface area contributed by atoms with Crippen molar-refractivity contribution in [3.63, 3.8) is 0 Å². The molecule has 0 aliphatic rings. The first-order valence-electron chi connectivity index (χ1n) is 5.22. The number of alkyl halides is 1. The molecule has 3 nitrogen and oxygen atoms in total. The number of nitro benzene ring substituents is 1. The Morgan fingerprint density at radius 2 is 2.24 bits per heavy atom. The van der Waals surface area contributed by atoms with E-state index in [1.807, 2.05) is 6.92 Å². The fourth-order valence-corrected chi connectivity index (χ4v) is 2.40. The van der Waals surface area contributed by atoms with Crippen molar-refractivity contribution >= 4 is 39.9 Å². The normalized spacial score (nSPS) is 12.5. The Morgan fingerprint density at radius 3 is 2.76 bits per heavy atom. The van der Waals surface area contributed by atoms with Crippen molar-refractivity contribution in [3.8, 4) is 0 Å². The number of hydrogen-bond donors (Lipinski definition) is 0. The van der Waals surface area contributed by atoms with Gasteiger partial charge in [0.25, 0.3) is 5.69 Å². The van der Waals surface area contributed by atoms with Crippen LogP contribution in [0.15, 0.2) is 12.1 Å². The number of nitrogens with zero attached hydrogens (tertiary/aromatic N) is 1. The van der Waals surface area contributed by atoms with Gasteiger partial charge in [-0.2, -0.15) is 0 Å². The molecule has 0 radical (unpaired) electrons. The van der Waals surface area contributed by atoms with Crippen LogP contribution < -0.4 is 0 Å². The summed E-state index contributed by atoms with van der Waals surface area (Å²) in [6.45, 7) is 1.98. The molecular formula is C11H12ClFINO2. The van der Waals surface area contributed by atoms with E-state index in [0.717, 1.165) is 12.8 Å². The Morgan fingerprint density at radius 1 is 1.59 bits per heavy atom. The zero-order chi connectivity index (χ0) is 13.0. The Bertz CT molecular complexity index is 428. The fraction of sp³-hybridized carbons (Fsp3) is 0.455. The zero-order valence-corrected chi connectivity index (χ0v) is 12.2. The highest BCUT2D eigenvalue weighted by Gasteiger charge is 2.19. The van der Waals surface area contributed by atoms with Crippen LogP contribution in [0.1, 0.15) is 25.3 Å². The smallest absolute Gasteiger partial charge is 0.258 e. The minimum Gasteiger partial charge on any atom is -0.258 e. The molecule has 94 valence electrons. The molecule has 0 aromatic heterocycles. The highest BCUT2D eigenvalue weighted by molar-refractivity contribution is 14.1. The van der Waals surface area contributed by atoms with E-state index in [-0.39, 0.29) is 14.6 Å². The maximum Gasteiger partial charge on any atom is 0.273 e. The van der Waals surface area contributed by atoms with E-state index >= 15 is 0 Å². The summed E-state index contributed by atoms with van der Waals surface area (Å²) in [4.78, 5) is 10.4. The molecule has 0 saturated carbocycles. The summed E-state index contributed by atoms with van der Waals surface area (Å²) in [6.07, 6.45) is 1.97. The lowest BCUT2D eigenvalue weighted by atomic mass is 10.0. The molecule has 0 aliphatic heterocycles. The van der Waals surface area contributed by atoms with E-state index in [1.54, 1.807) is 22.6 Å². The molecule has 1 aromatic rings. The number of nitro groups is 1. The van der Waals surface area contributed by atoms with Crippen molar-refractivity contribution in [2.75, 3.05) is 0 Å². The minimum atomic E-state index is -0.494. The van der Waals surface area contributed by atoms with Gasteiger partial charge in [-0.1, -0.05) is 13.3 Å². The lowest BCUT2D eigenvalue weighted by Crippen LogP contribution is -2.06. The fourth-order valence-electron chi connectivity index (χ4n) is 1.56. The molecule has 1 aromatic carbocycles. The first-order chi connectivity index (χ1) is 7.95. The Balaban J connectivity index is 3.04. The number of benzene rings is 1. The largest absolute Gasteiger partial charge is 0.273 e. The average molecular weight is 372 g/mol. The summed E-state index contributed by atoms with van der Waals surface area (Å²) in [5.74, 6) is -0.438. The van der Waals surface area contributed by atoms with Crippen molar-refractivity contribution in [2.24, 2.45) is 0 Å². The van der Waals surface area contributed by atoms with E-state index in [9.17, 15) is 14.5 Å². The van der Waals surface area contributed by atoms with Crippen LogP contribution in [0, 0.1) is 19.5 Å². The first kappa shape index (κ1) is 14.6. The second kappa shape index (κ2) is 6.49. The first-order valence-corrected chi connectivity index (χ1v) is 6.73. The molecule has 0 heterocycles. The van der Waals surface area contributed by atoms with E-state index in [0.29, 0.717) is 12.0 Å². The van der Waals surface area contributed by atoms with Gasteiger partial charge in [-0.15, -0.1) is 11.6 Å². The van der Waals surface area contributed by atoms with Gasteiger partial charge in [0.15, 0.2) is 0 Å². The van der Waals surface area contributed by atoms with Crippen LogP contribution in [-0.4, -0.2) is 10.3 Å². The molecular weight excluding hydrogens is 359 g/mol. The maximum absolute atomic E-state index is 13.4. The Kier molecular flexibility index (Phi) is 5.58. The van der Waals surface area contributed by atoms with Crippen LogP contribution in [0.5, 0.6) is 0 Å². The summed E-state index contributed by atoms with van der Waals surface area (Å²) in [5, 5.41) is 10.7. The quantitative estimate of drug-likeness (QED) is 0.335. The summed E-state index contributed by atoms with van der Waals surface area (Å²) in [5.41, 5.74) is 0.305. The standard InChI is InChI=1S/C11H12ClFINO2/c1-2-3-8(12)4-7-5-9(13)10(14)6-11(7)15(16)17/h5-6,8H,2-4H2,1H3. The topological polar surface area (TPSA) is 43.1 Å². The molecule has 1 rings (SSSR count). The SMILES string of the molecule is CCCC(Cl)Cc1cc(F)c(I)cc1[N+](=O)[O-]. The van der Waals surface area contributed by atoms with Gasteiger partial charge in [0.1, 0.15) is 5.82 Å². The molecule has 1 atom stereocenters. The predicted molar refractivity (Wildman–Crippen MR) is 74.0 cm³/mol. The highest BCUT2D eigenvalue weighted by Crippen LogP contribution is 2.27. The van der Waals surface area contributed by atoms with Crippen LogP contribution in [0.4, 0.5) is 10.1 Å². The number of rotatable bonds is 5.